The molecule has 0 aromatic heterocycles. The molecule has 1 N–H and O–H groups in total. The van der Waals surface area contributed by atoms with Gasteiger partial charge in [-0.3, -0.25) is 4.79 Å². The van der Waals surface area contributed by atoms with Gasteiger partial charge < -0.3 is 10.2 Å². The molecule has 1 aliphatic rings. The zero-order valence-corrected chi connectivity index (χ0v) is 15.7. The van der Waals surface area contributed by atoms with Gasteiger partial charge in [-0.1, -0.05) is 6.07 Å². The summed E-state index contributed by atoms with van der Waals surface area (Å²) in [4.78, 5) is 14.7. The van der Waals surface area contributed by atoms with E-state index in [0.29, 0.717) is 23.4 Å². The molecule has 2 atom stereocenters. The summed E-state index contributed by atoms with van der Waals surface area (Å²) in [7, 11) is 0. The highest BCUT2D eigenvalue weighted by atomic mass is 19.1. The maximum atomic E-state index is 14.0. The minimum Gasteiger partial charge on any atom is -0.378 e. The number of carbonyl (C=O) groups excluding carboxylic acids is 1. The summed E-state index contributed by atoms with van der Waals surface area (Å²) in [5.74, 6) is -1.59. The summed E-state index contributed by atoms with van der Waals surface area (Å²) in [5, 5.41) is 3.30. The molecular weight excluding hydrogens is 377 g/mol. The summed E-state index contributed by atoms with van der Waals surface area (Å²) in [6.45, 7) is 1.89. The number of anilines is 2. The molecule has 0 saturated heterocycles. The van der Waals surface area contributed by atoms with Crippen molar-refractivity contribution in [2.24, 2.45) is 0 Å². The standard InChI is InChI=1S/C23H19F3N2O/c1-14-11-21(27-19-8-5-16(24)6-9-19)20-13-18(26)7-10-22(20)28(14)23(29)15-3-2-4-17(25)12-15/h2-10,12-14,21,27H,11H2,1H3/t14-,21+/m1/s1. The minimum absolute atomic E-state index is 0.221. The van der Waals surface area contributed by atoms with Crippen LogP contribution in [-0.2, 0) is 0 Å². The quantitative estimate of drug-likeness (QED) is 0.616. The fourth-order valence-electron chi connectivity index (χ4n) is 3.79. The highest BCUT2D eigenvalue weighted by Crippen LogP contribution is 2.40. The van der Waals surface area contributed by atoms with Gasteiger partial charge in [0, 0.05) is 28.5 Å². The van der Waals surface area contributed by atoms with Crippen molar-refractivity contribution >= 4 is 17.3 Å². The first-order valence-electron chi connectivity index (χ1n) is 9.33. The van der Waals surface area contributed by atoms with Gasteiger partial charge in [-0.25, -0.2) is 13.2 Å². The Bertz CT molecular complexity index is 1050. The van der Waals surface area contributed by atoms with Crippen molar-refractivity contribution in [2.45, 2.75) is 25.4 Å². The van der Waals surface area contributed by atoms with Crippen LogP contribution in [0.2, 0.25) is 0 Å². The lowest BCUT2D eigenvalue weighted by Gasteiger charge is -2.40. The topological polar surface area (TPSA) is 32.3 Å². The predicted molar refractivity (Wildman–Crippen MR) is 106 cm³/mol. The number of nitrogens with one attached hydrogen (secondary N) is 1. The lowest BCUT2D eigenvalue weighted by Crippen LogP contribution is -2.44. The predicted octanol–water partition coefficient (Wildman–Crippen LogP) is 5.70. The number of amides is 1. The first-order valence-corrected chi connectivity index (χ1v) is 9.33. The Kier molecular flexibility index (Phi) is 5.01. The normalized spacial score (nSPS) is 18.3. The highest BCUT2D eigenvalue weighted by molar-refractivity contribution is 6.07. The minimum atomic E-state index is -0.490. The van der Waals surface area contributed by atoms with Crippen LogP contribution >= 0.6 is 0 Å². The number of carbonyl (C=O) groups is 1. The molecule has 6 heteroatoms. The van der Waals surface area contributed by atoms with Crippen LogP contribution in [0.25, 0.3) is 0 Å². The molecular formula is C23H19F3N2O. The summed E-state index contributed by atoms with van der Waals surface area (Å²) >= 11 is 0. The van der Waals surface area contributed by atoms with Crippen LogP contribution in [0.4, 0.5) is 24.5 Å². The average Bonchev–Trinajstić information content (AvgIpc) is 2.70. The molecule has 1 heterocycles. The van der Waals surface area contributed by atoms with E-state index in [-0.39, 0.29) is 29.4 Å². The Labute approximate surface area is 166 Å². The number of fused-ring (bicyclic) bond motifs is 1. The molecule has 3 aromatic rings. The molecule has 0 bridgehead atoms. The van der Waals surface area contributed by atoms with E-state index in [9.17, 15) is 18.0 Å². The SMILES string of the molecule is C[C@@H]1C[C@H](Nc2ccc(F)cc2)c2cc(F)ccc2N1C(=O)c1cccc(F)c1. The van der Waals surface area contributed by atoms with Crippen LogP contribution in [0.5, 0.6) is 0 Å². The number of hydrogen-bond donors (Lipinski definition) is 1. The molecule has 1 aliphatic heterocycles. The van der Waals surface area contributed by atoms with E-state index in [0.717, 1.165) is 0 Å². The van der Waals surface area contributed by atoms with Gasteiger partial charge in [-0.15, -0.1) is 0 Å². The average molecular weight is 396 g/mol. The van der Waals surface area contributed by atoms with E-state index in [1.54, 1.807) is 29.2 Å². The fraction of sp³-hybridized carbons (Fsp3) is 0.174. The van der Waals surface area contributed by atoms with Gasteiger partial charge in [0.25, 0.3) is 5.91 Å². The summed E-state index contributed by atoms with van der Waals surface area (Å²) in [6, 6.07) is 15.2. The molecule has 0 aliphatic carbocycles. The molecule has 0 unspecified atom stereocenters. The number of rotatable bonds is 3. The summed E-state index contributed by atoms with van der Waals surface area (Å²) in [5.41, 5.74) is 2.12. The van der Waals surface area contributed by atoms with Gasteiger partial charge >= 0.3 is 0 Å². The Morgan fingerprint density at radius 3 is 2.34 bits per heavy atom. The van der Waals surface area contributed by atoms with Crippen molar-refractivity contribution in [1.29, 1.82) is 0 Å². The Balaban J connectivity index is 1.71. The number of halogens is 3. The number of hydrogen-bond acceptors (Lipinski definition) is 2. The van der Waals surface area contributed by atoms with Crippen molar-refractivity contribution in [3.05, 3.63) is 95.3 Å². The van der Waals surface area contributed by atoms with Gasteiger partial charge in [-0.05, 0) is 74.0 Å². The third-order valence-corrected chi connectivity index (χ3v) is 5.12. The lowest BCUT2D eigenvalue weighted by atomic mass is 9.90. The van der Waals surface area contributed by atoms with Gasteiger partial charge in [-0.2, -0.15) is 0 Å². The second-order valence-electron chi connectivity index (χ2n) is 7.18. The maximum absolute atomic E-state index is 14.0. The summed E-state index contributed by atoms with van der Waals surface area (Å²) < 4.78 is 40.8. The van der Waals surface area contributed by atoms with Gasteiger partial charge in [0.15, 0.2) is 0 Å². The maximum Gasteiger partial charge on any atom is 0.258 e. The van der Waals surface area contributed by atoms with Gasteiger partial charge in [0.1, 0.15) is 17.5 Å². The van der Waals surface area contributed by atoms with Crippen molar-refractivity contribution in [3.63, 3.8) is 0 Å². The van der Waals surface area contributed by atoms with E-state index in [2.05, 4.69) is 5.32 Å². The van der Waals surface area contributed by atoms with Gasteiger partial charge in [0.2, 0.25) is 0 Å². The highest BCUT2D eigenvalue weighted by Gasteiger charge is 2.34. The van der Waals surface area contributed by atoms with Crippen LogP contribution in [0.1, 0.15) is 35.3 Å². The number of benzene rings is 3. The van der Waals surface area contributed by atoms with Crippen molar-refractivity contribution in [3.8, 4) is 0 Å². The molecule has 0 radical (unpaired) electrons. The first kappa shape index (κ1) is 19.1. The molecule has 1 amide bonds. The zero-order chi connectivity index (χ0) is 20.5. The summed E-state index contributed by atoms with van der Waals surface area (Å²) in [6.07, 6.45) is 0.509. The van der Waals surface area contributed by atoms with E-state index >= 15 is 0 Å². The van der Waals surface area contributed by atoms with Crippen LogP contribution in [-0.4, -0.2) is 11.9 Å². The van der Waals surface area contributed by atoms with E-state index in [1.807, 2.05) is 6.92 Å². The Morgan fingerprint density at radius 2 is 1.62 bits per heavy atom. The smallest absolute Gasteiger partial charge is 0.258 e. The van der Waals surface area contributed by atoms with Crippen LogP contribution in [0, 0.1) is 17.5 Å². The van der Waals surface area contributed by atoms with Crippen LogP contribution in [0.15, 0.2) is 66.7 Å². The second-order valence-corrected chi connectivity index (χ2v) is 7.18. The van der Waals surface area contributed by atoms with E-state index in [4.69, 9.17) is 0 Å². The Hall–Kier alpha value is -3.28. The second kappa shape index (κ2) is 7.62. The molecule has 3 nitrogen and oxygen atoms in total. The van der Waals surface area contributed by atoms with E-state index in [1.165, 1.54) is 42.5 Å². The molecule has 0 saturated carbocycles. The number of nitrogens with zero attached hydrogens (tertiary/aromatic N) is 1. The third kappa shape index (κ3) is 3.83. The molecule has 0 spiro atoms. The Morgan fingerprint density at radius 1 is 0.931 bits per heavy atom. The third-order valence-electron chi connectivity index (χ3n) is 5.12. The van der Waals surface area contributed by atoms with Crippen molar-refractivity contribution in [1.82, 2.24) is 0 Å². The first-order chi connectivity index (χ1) is 13.9. The molecule has 148 valence electrons. The zero-order valence-electron chi connectivity index (χ0n) is 15.7. The largest absolute Gasteiger partial charge is 0.378 e. The molecule has 4 rings (SSSR count). The van der Waals surface area contributed by atoms with Crippen molar-refractivity contribution in [2.75, 3.05) is 10.2 Å². The van der Waals surface area contributed by atoms with Crippen molar-refractivity contribution < 1.29 is 18.0 Å². The van der Waals surface area contributed by atoms with Crippen LogP contribution < -0.4 is 10.2 Å². The van der Waals surface area contributed by atoms with Gasteiger partial charge in [0.05, 0.1) is 6.04 Å². The molecule has 3 aromatic carbocycles. The lowest BCUT2D eigenvalue weighted by molar-refractivity contribution is 0.0973. The fourth-order valence-corrected chi connectivity index (χ4v) is 3.79. The monoisotopic (exact) mass is 396 g/mol. The molecule has 29 heavy (non-hydrogen) atoms. The van der Waals surface area contributed by atoms with E-state index < -0.39 is 11.6 Å². The van der Waals surface area contributed by atoms with Crippen LogP contribution in [0.3, 0.4) is 0 Å². The molecule has 0 fully saturated rings.